The fraction of sp³-hybridized carbons (Fsp3) is 0.0714. The summed E-state index contributed by atoms with van der Waals surface area (Å²) in [6, 6.07) is 10.7. The van der Waals surface area contributed by atoms with Gasteiger partial charge in [0.05, 0.1) is 0 Å². The lowest BCUT2D eigenvalue weighted by Gasteiger charge is -2.03. The van der Waals surface area contributed by atoms with Gasteiger partial charge in [-0.1, -0.05) is 29.8 Å². The highest BCUT2D eigenvalue weighted by atomic mass is 19.1. The topological polar surface area (TPSA) is 37.3 Å². The second-order valence-electron chi connectivity index (χ2n) is 3.86. The Bertz CT molecular complexity index is 559. The highest BCUT2D eigenvalue weighted by molar-refractivity contribution is 6.09. The number of carbonyl (C=O) groups excluding carboxylic acids is 1. The quantitative estimate of drug-likeness (QED) is 0.805. The summed E-state index contributed by atoms with van der Waals surface area (Å²) in [4.78, 5) is 12.0. The van der Waals surface area contributed by atoms with Gasteiger partial charge in [-0.3, -0.25) is 4.79 Å². The number of phenolic OH excluding ortho intramolecular Hbond substituents is 1. The first-order valence-corrected chi connectivity index (χ1v) is 5.18. The predicted molar refractivity (Wildman–Crippen MR) is 62.7 cm³/mol. The molecule has 0 amide bonds. The average Bonchev–Trinajstić information content (AvgIpc) is 2.33. The van der Waals surface area contributed by atoms with E-state index in [2.05, 4.69) is 0 Å². The molecular weight excluding hydrogens is 219 g/mol. The number of halogens is 1. The number of benzene rings is 2. The van der Waals surface area contributed by atoms with Gasteiger partial charge in [-0.15, -0.1) is 0 Å². The minimum Gasteiger partial charge on any atom is -0.505 e. The van der Waals surface area contributed by atoms with Crippen LogP contribution in [0, 0.1) is 12.7 Å². The first-order chi connectivity index (χ1) is 8.08. The molecule has 0 unspecified atom stereocenters. The van der Waals surface area contributed by atoms with E-state index < -0.39 is 11.6 Å². The van der Waals surface area contributed by atoms with Crippen molar-refractivity contribution in [3.8, 4) is 5.75 Å². The largest absolute Gasteiger partial charge is 0.505 e. The first-order valence-electron chi connectivity index (χ1n) is 5.18. The van der Waals surface area contributed by atoms with E-state index in [1.165, 1.54) is 12.1 Å². The Morgan fingerprint density at radius 2 is 1.65 bits per heavy atom. The molecule has 0 saturated carbocycles. The lowest BCUT2D eigenvalue weighted by molar-refractivity contribution is 0.103. The monoisotopic (exact) mass is 230 g/mol. The summed E-state index contributed by atoms with van der Waals surface area (Å²) in [6.45, 7) is 1.93. The number of aryl methyl sites for hydroxylation is 1. The van der Waals surface area contributed by atoms with Gasteiger partial charge >= 0.3 is 0 Å². The van der Waals surface area contributed by atoms with Crippen LogP contribution in [-0.2, 0) is 0 Å². The zero-order valence-electron chi connectivity index (χ0n) is 9.27. The summed E-state index contributed by atoms with van der Waals surface area (Å²) in [5, 5.41) is 9.05. The van der Waals surface area contributed by atoms with Crippen molar-refractivity contribution >= 4 is 5.78 Å². The van der Waals surface area contributed by atoms with Gasteiger partial charge in [-0.05, 0) is 25.1 Å². The van der Waals surface area contributed by atoms with Gasteiger partial charge < -0.3 is 5.11 Å². The van der Waals surface area contributed by atoms with Gasteiger partial charge in [-0.25, -0.2) is 4.39 Å². The normalized spacial score (nSPS) is 10.2. The summed E-state index contributed by atoms with van der Waals surface area (Å²) in [6.07, 6.45) is 0. The molecule has 0 saturated heterocycles. The van der Waals surface area contributed by atoms with E-state index in [9.17, 15) is 9.18 Å². The lowest BCUT2D eigenvalue weighted by atomic mass is 10.0. The second kappa shape index (κ2) is 4.37. The number of carbonyl (C=O) groups is 1. The molecular formula is C14H11FO2. The molecule has 0 fully saturated rings. The van der Waals surface area contributed by atoms with Crippen molar-refractivity contribution in [2.24, 2.45) is 0 Å². The van der Waals surface area contributed by atoms with Crippen molar-refractivity contribution in [3.63, 3.8) is 0 Å². The molecule has 0 heterocycles. The van der Waals surface area contributed by atoms with E-state index in [1.807, 2.05) is 19.1 Å². The van der Waals surface area contributed by atoms with Crippen LogP contribution in [0.2, 0.25) is 0 Å². The zero-order chi connectivity index (χ0) is 12.4. The van der Waals surface area contributed by atoms with Crippen LogP contribution < -0.4 is 0 Å². The summed E-state index contributed by atoms with van der Waals surface area (Å²) in [7, 11) is 0. The Kier molecular flexibility index (Phi) is 2.91. The Labute approximate surface area is 98.3 Å². The van der Waals surface area contributed by atoms with Crippen molar-refractivity contribution in [1.82, 2.24) is 0 Å². The minimum absolute atomic E-state index is 0.226. The molecule has 0 atom stereocenters. The van der Waals surface area contributed by atoms with Crippen molar-refractivity contribution in [3.05, 3.63) is 65.0 Å². The van der Waals surface area contributed by atoms with Crippen LogP contribution in [-0.4, -0.2) is 10.9 Å². The average molecular weight is 230 g/mol. The van der Waals surface area contributed by atoms with Crippen molar-refractivity contribution in [2.45, 2.75) is 6.92 Å². The first kappa shape index (κ1) is 11.3. The molecule has 0 bridgehead atoms. The smallest absolute Gasteiger partial charge is 0.193 e. The fourth-order valence-corrected chi connectivity index (χ4v) is 1.52. The van der Waals surface area contributed by atoms with Crippen LogP contribution in [0.5, 0.6) is 5.75 Å². The van der Waals surface area contributed by atoms with Gasteiger partial charge in [0, 0.05) is 11.1 Å². The Balaban J connectivity index is 2.37. The van der Waals surface area contributed by atoms with Crippen molar-refractivity contribution < 1.29 is 14.3 Å². The van der Waals surface area contributed by atoms with Gasteiger partial charge in [-0.2, -0.15) is 0 Å². The molecule has 0 radical (unpaired) electrons. The van der Waals surface area contributed by atoms with Gasteiger partial charge in [0.2, 0.25) is 0 Å². The molecule has 0 aliphatic heterocycles. The standard InChI is InChI=1S/C14H11FO2/c1-9-2-4-10(5-3-9)14(17)11-6-7-13(16)12(15)8-11/h2-8,16H,1H3. The van der Waals surface area contributed by atoms with Gasteiger partial charge in [0.1, 0.15) is 0 Å². The highest BCUT2D eigenvalue weighted by Crippen LogP contribution is 2.18. The molecule has 17 heavy (non-hydrogen) atoms. The van der Waals surface area contributed by atoms with Crippen LogP contribution in [0.3, 0.4) is 0 Å². The van der Waals surface area contributed by atoms with Crippen LogP contribution in [0.15, 0.2) is 42.5 Å². The Hall–Kier alpha value is -2.16. The third-order valence-corrected chi connectivity index (χ3v) is 2.52. The maximum atomic E-state index is 13.1. The van der Waals surface area contributed by atoms with E-state index in [0.29, 0.717) is 5.56 Å². The van der Waals surface area contributed by atoms with Crippen LogP contribution in [0.25, 0.3) is 0 Å². The maximum Gasteiger partial charge on any atom is 0.193 e. The zero-order valence-corrected chi connectivity index (χ0v) is 9.27. The third kappa shape index (κ3) is 2.33. The Morgan fingerprint density at radius 1 is 1.06 bits per heavy atom. The van der Waals surface area contributed by atoms with E-state index in [4.69, 9.17) is 5.11 Å². The minimum atomic E-state index is -0.789. The molecule has 2 rings (SSSR count). The number of hydrogen-bond acceptors (Lipinski definition) is 2. The summed E-state index contributed by atoms with van der Waals surface area (Å²) < 4.78 is 13.1. The number of phenols is 1. The second-order valence-corrected chi connectivity index (χ2v) is 3.86. The number of ketones is 1. The molecule has 3 heteroatoms. The summed E-state index contributed by atoms with van der Waals surface area (Å²) in [5.74, 6) is -1.50. The molecule has 0 aromatic heterocycles. The SMILES string of the molecule is Cc1ccc(C(=O)c2ccc(O)c(F)c2)cc1. The van der Waals surface area contributed by atoms with E-state index in [1.54, 1.807) is 12.1 Å². The van der Waals surface area contributed by atoms with E-state index in [-0.39, 0.29) is 11.3 Å². The van der Waals surface area contributed by atoms with E-state index >= 15 is 0 Å². The molecule has 1 N–H and O–H groups in total. The fourth-order valence-electron chi connectivity index (χ4n) is 1.52. The highest BCUT2D eigenvalue weighted by Gasteiger charge is 2.11. The van der Waals surface area contributed by atoms with Crippen molar-refractivity contribution in [1.29, 1.82) is 0 Å². The molecule has 2 aromatic rings. The number of rotatable bonds is 2. The van der Waals surface area contributed by atoms with Gasteiger partial charge in [0.15, 0.2) is 17.3 Å². The van der Waals surface area contributed by atoms with Crippen LogP contribution >= 0.6 is 0 Å². The molecule has 2 aromatic carbocycles. The van der Waals surface area contributed by atoms with Crippen molar-refractivity contribution in [2.75, 3.05) is 0 Å². The summed E-state index contributed by atoms with van der Waals surface area (Å²) >= 11 is 0. The molecule has 0 spiro atoms. The third-order valence-electron chi connectivity index (χ3n) is 2.52. The van der Waals surface area contributed by atoms with Gasteiger partial charge in [0.25, 0.3) is 0 Å². The summed E-state index contributed by atoms with van der Waals surface area (Å²) in [5.41, 5.74) is 1.78. The molecule has 86 valence electrons. The lowest BCUT2D eigenvalue weighted by Crippen LogP contribution is -2.01. The molecule has 0 aliphatic carbocycles. The van der Waals surface area contributed by atoms with Crippen LogP contribution in [0.4, 0.5) is 4.39 Å². The van der Waals surface area contributed by atoms with E-state index in [0.717, 1.165) is 11.6 Å². The molecule has 2 nitrogen and oxygen atoms in total. The maximum absolute atomic E-state index is 13.1. The number of hydrogen-bond donors (Lipinski definition) is 1. The molecule has 0 aliphatic rings. The number of aromatic hydroxyl groups is 1. The van der Waals surface area contributed by atoms with Crippen LogP contribution in [0.1, 0.15) is 21.5 Å². The Morgan fingerprint density at radius 3 is 2.24 bits per heavy atom. The predicted octanol–water partition coefficient (Wildman–Crippen LogP) is 3.07.